The molecule has 3 N–H and O–H groups in total. The molecule has 1 atom stereocenters. The van der Waals surface area contributed by atoms with Crippen molar-refractivity contribution in [2.24, 2.45) is 0 Å². The molecule has 0 bridgehead atoms. The number of hydrogen-bond acceptors (Lipinski definition) is 5. The minimum Gasteiger partial charge on any atom is -0.387 e. The molecule has 158 valence electrons. The van der Waals surface area contributed by atoms with Gasteiger partial charge in [0.25, 0.3) is 5.91 Å². The second-order valence-electron chi connectivity index (χ2n) is 8.09. The van der Waals surface area contributed by atoms with E-state index in [9.17, 15) is 14.3 Å². The fraction of sp³-hybridized carbons (Fsp3) is 0.381. The Hall–Kier alpha value is -2.71. The molecule has 0 spiro atoms. The summed E-state index contributed by atoms with van der Waals surface area (Å²) in [5, 5.41) is 17.0. The van der Waals surface area contributed by atoms with Crippen molar-refractivity contribution in [2.75, 3.05) is 11.9 Å². The van der Waals surface area contributed by atoms with Gasteiger partial charge in [0.05, 0.1) is 28.4 Å². The van der Waals surface area contributed by atoms with Crippen molar-refractivity contribution in [1.29, 1.82) is 0 Å². The van der Waals surface area contributed by atoms with Crippen LogP contribution in [0.1, 0.15) is 37.0 Å². The molecule has 3 heterocycles. The molecule has 1 aliphatic carbocycles. The summed E-state index contributed by atoms with van der Waals surface area (Å²) in [7, 11) is 0. The smallest absolute Gasteiger partial charge is 0.255 e. The number of hydrogen-bond donors (Lipinski definition) is 3. The Labute approximate surface area is 178 Å². The van der Waals surface area contributed by atoms with E-state index in [-0.39, 0.29) is 6.54 Å². The summed E-state index contributed by atoms with van der Waals surface area (Å²) < 4.78 is 15.8. The molecule has 1 fully saturated rings. The van der Waals surface area contributed by atoms with Crippen LogP contribution in [0.15, 0.2) is 36.8 Å². The average molecular weight is 432 g/mol. The molecule has 1 saturated carbocycles. The van der Waals surface area contributed by atoms with Gasteiger partial charge in [0.15, 0.2) is 0 Å². The molecule has 0 radical (unpaired) electrons. The standard InChI is InChI=1S/C21H23ClFN5O2/c1-21(2,30)17(23)11-26-20(29)15-10-24-18(8-16(15)27-14-3-4-14)28-6-5-12-7-13(22)9-25-19(12)28/h5-10,14,17,30H,3-4,11H2,1-2H3,(H,24,27)(H,26,29)/t17-/m1/s1. The number of carbonyl (C=O) groups is 1. The number of nitrogens with one attached hydrogen (secondary N) is 2. The lowest BCUT2D eigenvalue weighted by Crippen LogP contribution is -2.42. The van der Waals surface area contributed by atoms with Gasteiger partial charge >= 0.3 is 0 Å². The highest BCUT2D eigenvalue weighted by Gasteiger charge is 2.28. The molecular weight excluding hydrogens is 409 g/mol. The van der Waals surface area contributed by atoms with E-state index < -0.39 is 17.7 Å². The highest BCUT2D eigenvalue weighted by molar-refractivity contribution is 6.31. The molecule has 4 rings (SSSR count). The van der Waals surface area contributed by atoms with Gasteiger partial charge in [-0.1, -0.05) is 11.6 Å². The summed E-state index contributed by atoms with van der Waals surface area (Å²) >= 11 is 6.01. The van der Waals surface area contributed by atoms with Gasteiger partial charge in [-0.15, -0.1) is 0 Å². The lowest BCUT2D eigenvalue weighted by Gasteiger charge is -2.22. The van der Waals surface area contributed by atoms with Crippen LogP contribution < -0.4 is 10.6 Å². The van der Waals surface area contributed by atoms with Crippen LogP contribution in [0.3, 0.4) is 0 Å². The molecule has 9 heteroatoms. The van der Waals surface area contributed by atoms with Crippen LogP contribution in [0.2, 0.25) is 5.02 Å². The number of carbonyl (C=O) groups excluding carboxylic acids is 1. The topological polar surface area (TPSA) is 92.1 Å². The lowest BCUT2D eigenvalue weighted by molar-refractivity contribution is -0.00177. The number of rotatable bonds is 7. The zero-order valence-electron chi connectivity index (χ0n) is 16.7. The lowest BCUT2D eigenvalue weighted by atomic mass is 10.0. The summed E-state index contributed by atoms with van der Waals surface area (Å²) in [6, 6.07) is 5.80. The van der Waals surface area contributed by atoms with Gasteiger partial charge in [0.1, 0.15) is 17.6 Å². The van der Waals surface area contributed by atoms with E-state index in [1.165, 1.54) is 20.0 Å². The Kier molecular flexibility index (Phi) is 5.38. The highest BCUT2D eigenvalue weighted by atomic mass is 35.5. The van der Waals surface area contributed by atoms with Gasteiger partial charge < -0.3 is 15.7 Å². The summed E-state index contributed by atoms with van der Waals surface area (Å²) in [5.41, 5.74) is 0.109. The van der Waals surface area contributed by atoms with E-state index >= 15 is 0 Å². The van der Waals surface area contributed by atoms with Gasteiger partial charge in [-0.25, -0.2) is 14.4 Å². The SMILES string of the molecule is CC(C)(O)[C@H](F)CNC(=O)c1cnc(-n2ccc3cc(Cl)cnc32)cc1NC1CC1. The maximum Gasteiger partial charge on any atom is 0.255 e. The maximum atomic E-state index is 14.0. The van der Waals surface area contributed by atoms with Gasteiger partial charge in [0, 0.05) is 36.1 Å². The fourth-order valence-electron chi connectivity index (χ4n) is 3.03. The zero-order chi connectivity index (χ0) is 21.5. The number of pyridine rings is 2. The van der Waals surface area contributed by atoms with Crippen molar-refractivity contribution in [1.82, 2.24) is 19.9 Å². The van der Waals surface area contributed by atoms with Gasteiger partial charge in [-0.2, -0.15) is 0 Å². The molecule has 3 aromatic rings. The predicted molar refractivity (Wildman–Crippen MR) is 114 cm³/mol. The maximum absolute atomic E-state index is 14.0. The van der Waals surface area contributed by atoms with E-state index in [1.807, 2.05) is 22.9 Å². The van der Waals surface area contributed by atoms with Crippen molar-refractivity contribution >= 4 is 34.2 Å². The molecule has 30 heavy (non-hydrogen) atoms. The summed E-state index contributed by atoms with van der Waals surface area (Å²) in [6.45, 7) is 2.44. The number of halogens is 2. The van der Waals surface area contributed by atoms with Gasteiger partial charge in [0.2, 0.25) is 0 Å². The number of aliphatic hydroxyl groups is 1. The molecular formula is C21H23ClFN5O2. The Morgan fingerprint density at radius 2 is 2.13 bits per heavy atom. The van der Waals surface area contributed by atoms with Crippen LogP contribution in [0.25, 0.3) is 16.9 Å². The van der Waals surface area contributed by atoms with Crippen molar-refractivity contribution in [3.63, 3.8) is 0 Å². The monoisotopic (exact) mass is 431 g/mol. The van der Waals surface area contributed by atoms with Crippen molar-refractivity contribution < 1.29 is 14.3 Å². The first-order valence-corrected chi connectivity index (χ1v) is 10.1. The summed E-state index contributed by atoms with van der Waals surface area (Å²) in [4.78, 5) is 21.5. The molecule has 3 aromatic heterocycles. The molecule has 0 unspecified atom stereocenters. The Bertz CT molecular complexity index is 1090. The first kappa shape index (κ1) is 20.6. The molecule has 1 amide bonds. The number of amides is 1. The third-order valence-electron chi connectivity index (χ3n) is 5.02. The Morgan fingerprint density at radius 3 is 2.83 bits per heavy atom. The minimum atomic E-state index is -1.59. The molecule has 0 aliphatic heterocycles. The number of nitrogens with zero attached hydrogens (tertiary/aromatic N) is 3. The minimum absolute atomic E-state index is 0.292. The van der Waals surface area contributed by atoms with E-state index in [1.54, 1.807) is 12.3 Å². The predicted octanol–water partition coefficient (Wildman–Crippen LogP) is 3.49. The van der Waals surface area contributed by atoms with E-state index in [2.05, 4.69) is 20.6 Å². The zero-order valence-corrected chi connectivity index (χ0v) is 17.4. The summed E-state index contributed by atoms with van der Waals surface area (Å²) in [6.07, 6.45) is 5.34. The van der Waals surface area contributed by atoms with E-state index in [4.69, 9.17) is 11.6 Å². The second kappa shape index (κ2) is 7.85. The number of anilines is 1. The average Bonchev–Trinajstić information content (AvgIpc) is 3.41. The van der Waals surface area contributed by atoms with Gasteiger partial charge in [-0.05, 0) is 38.8 Å². The number of aromatic nitrogens is 3. The van der Waals surface area contributed by atoms with Crippen molar-refractivity contribution in [2.45, 2.75) is 44.5 Å². The molecule has 0 saturated heterocycles. The van der Waals surface area contributed by atoms with Gasteiger partial charge in [-0.3, -0.25) is 9.36 Å². The first-order valence-electron chi connectivity index (χ1n) is 9.76. The largest absolute Gasteiger partial charge is 0.387 e. The number of alkyl halides is 1. The third-order valence-corrected chi connectivity index (χ3v) is 5.23. The Balaban J connectivity index is 1.62. The molecule has 0 aromatic carbocycles. The van der Waals surface area contributed by atoms with Crippen LogP contribution in [0, 0.1) is 0 Å². The normalized spacial score (nSPS) is 15.2. The van der Waals surface area contributed by atoms with Crippen LogP contribution in [0.4, 0.5) is 10.1 Å². The molecule has 7 nitrogen and oxygen atoms in total. The van der Waals surface area contributed by atoms with Crippen molar-refractivity contribution in [3.05, 3.63) is 47.4 Å². The van der Waals surface area contributed by atoms with Crippen molar-refractivity contribution in [3.8, 4) is 5.82 Å². The second-order valence-corrected chi connectivity index (χ2v) is 8.53. The quantitative estimate of drug-likeness (QED) is 0.532. The van der Waals surface area contributed by atoms with E-state index in [0.717, 1.165) is 18.2 Å². The van der Waals surface area contributed by atoms with Crippen LogP contribution in [-0.4, -0.2) is 49.9 Å². The molecule has 1 aliphatic rings. The summed E-state index contributed by atoms with van der Waals surface area (Å²) in [5.74, 6) is 0.144. The van der Waals surface area contributed by atoms with Crippen LogP contribution >= 0.6 is 11.6 Å². The first-order chi connectivity index (χ1) is 14.2. The Morgan fingerprint density at radius 1 is 1.37 bits per heavy atom. The third kappa shape index (κ3) is 4.39. The number of fused-ring (bicyclic) bond motifs is 1. The van der Waals surface area contributed by atoms with E-state index in [0.29, 0.717) is 33.8 Å². The van der Waals surface area contributed by atoms with Crippen LogP contribution in [0.5, 0.6) is 0 Å². The fourth-order valence-corrected chi connectivity index (χ4v) is 3.20. The van der Waals surface area contributed by atoms with Crippen LogP contribution in [-0.2, 0) is 0 Å². The highest BCUT2D eigenvalue weighted by Crippen LogP contribution is 2.29.